The molecule has 1 aliphatic heterocycles. The highest BCUT2D eigenvalue weighted by Crippen LogP contribution is 2.23. The summed E-state index contributed by atoms with van der Waals surface area (Å²) in [6.07, 6.45) is 4.58. The molecular weight excluding hydrogens is 290 g/mol. The van der Waals surface area contributed by atoms with Crippen molar-refractivity contribution in [2.24, 2.45) is 0 Å². The van der Waals surface area contributed by atoms with Gasteiger partial charge in [-0.1, -0.05) is 34.1 Å². The lowest BCUT2D eigenvalue weighted by molar-refractivity contribution is 0.0609. The fourth-order valence-corrected chi connectivity index (χ4v) is 3.19. The summed E-state index contributed by atoms with van der Waals surface area (Å²) in [4.78, 5) is 14.7. The fraction of sp³-hybridized carbons (Fsp3) is 0.533. The molecule has 98 valence electrons. The second kappa shape index (κ2) is 6.37. The van der Waals surface area contributed by atoms with Gasteiger partial charge in [-0.25, -0.2) is 0 Å². The molecule has 1 aliphatic rings. The maximum Gasteiger partial charge on any atom is 0.254 e. The van der Waals surface area contributed by atoms with Crippen molar-refractivity contribution in [3.63, 3.8) is 0 Å². The first kappa shape index (κ1) is 13.6. The molecule has 1 saturated heterocycles. The zero-order valence-corrected chi connectivity index (χ0v) is 12.4. The van der Waals surface area contributed by atoms with E-state index in [0.29, 0.717) is 6.04 Å². The van der Waals surface area contributed by atoms with Crippen LogP contribution in [0, 0.1) is 6.92 Å². The van der Waals surface area contributed by atoms with Crippen molar-refractivity contribution in [3.05, 3.63) is 35.4 Å². The Balaban J connectivity index is 2.18. The molecule has 1 aromatic rings. The third kappa shape index (κ3) is 2.94. The Morgan fingerprint density at radius 3 is 2.89 bits per heavy atom. The molecule has 1 heterocycles. The average Bonchev–Trinajstić information content (AvgIpc) is 2.40. The number of piperidine rings is 1. The van der Waals surface area contributed by atoms with Gasteiger partial charge in [-0.05, 0) is 44.2 Å². The van der Waals surface area contributed by atoms with Crippen molar-refractivity contribution < 1.29 is 4.79 Å². The van der Waals surface area contributed by atoms with E-state index < -0.39 is 0 Å². The summed E-state index contributed by atoms with van der Waals surface area (Å²) >= 11 is 3.49. The Hall–Kier alpha value is -0.830. The van der Waals surface area contributed by atoms with Crippen LogP contribution in [0.4, 0.5) is 0 Å². The number of halogens is 1. The van der Waals surface area contributed by atoms with Gasteiger partial charge in [0.1, 0.15) is 0 Å². The molecule has 3 heteroatoms. The van der Waals surface area contributed by atoms with Gasteiger partial charge in [0, 0.05) is 23.5 Å². The number of alkyl halides is 1. The highest BCUT2D eigenvalue weighted by Gasteiger charge is 2.27. The monoisotopic (exact) mass is 309 g/mol. The van der Waals surface area contributed by atoms with Crippen LogP contribution in [0.25, 0.3) is 0 Å². The average molecular weight is 310 g/mol. The summed E-state index contributed by atoms with van der Waals surface area (Å²) < 4.78 is 0. The molecule has 1 fully saturated rings. The number of hydrogen-bond donors (Lipinski definition) is 0. The highest BCUT2D eigenvalue weighted by atomic mass is 79.9. The first-order chi connectivity index (χ1) is 8.74. The van der Waals surface area contributed by atoms with Gasteiger partial charge in [0.25, 0.3) is 5.91 Å². The number of nitrogens with zero attached hydrogens (tertiary/aromatic N) is 1. The molecule has 1 unspecified atom stereocenters. The van der Waals surface area contributed by atoms with E-state index in [1.807, 2.05) is 31.2 Å². The Morgan fingerprint density at radius 1 is 1.39 bits per heavy atom. The van der Waals surface area contributed by atoms with Crippen molar-refractivity contribution in [1.82, 2.24) is 4.90 Å². The Morgan fingerprint density at radius 2 is 2.17 bits per heavy atom. The number of amides is 1. The standard InChI is InChI=1S/C15H20BrNO/c1-12-6-2-3-8-14(12)15(18)17-11-5-4-7-13(17)9-10-16/h2-3,6,8,13H,4-5,7,9-11H2,1H3. The Kier molecular flexibility index (Phi) is 4.81. The number of carbonyl (C=O) groups excluding carboxylic acids is 1. The number of benzene rings is 1. The molecule has 18 heavy (non-hydrogen) atoms. The Labute approximate surface area is 117 Å². The van der Waals surface area contributed by atoms with E-state index in [2.05, 4.69) is 20.8 Å². The van der Waals surface area contributed by atoms with E-state index in [1.54, 1.807) is 0 Å². The van der Waals surface area contributed by atoms with E-state index in [1.165, 1.54) is 6.42 Å². The van der Waals surface area contributed by atoms with Crippen LogP contribution < -0.4 is 0 Å². The van der Waals surface area contributed by atoms with Gasteiger partial charge in [0.2, 0.25) is 0 Å². The molecule has 1 amide bonds. The minimum atomic E-state index is 0.207. The van der Waals surface area contributed by atoms with Crippen LogP contribution in [-0.4, -0.2) is 28.7 Å². The SMILES string of the molecule is Cc1ccccc1C(=O)N1CCCCC1CCBr. The molecule has 0 saturated carbocycles. The predicted octanol–water partition coefficient (Wildman–Crippen LogP) is 3.77. The zero-order valence-electron chi connectivity index (χ0n) is 10.9. The van der Waals surface area contributed by atoms with Gasteiger partial charge in [0.05, 0.1) is 0 Å². The molecule has 0 aromatic heterocycles. The molecule has 0 bridgehead atoms. The lowest BCUT2D eigenvalue weighted by Crippen LogP contribution is -2.44. The highest BCUT2D eigenvalue weighted by molar-refractivity contribution is 9.09. The number of aryl methyl sites for hydroxylation is 1. The maximum absolute atomic E-state index is 12.6. The van der Waals surface area contributed by atoms with Crippen LogP contribution in [0.2, 0.25) is 0 Å². The van der Waals surface area contributed by atoms with Gasteiger partial charge in [0.15, 0.2) is 0 Å². The number of carbonyl (C=O) groups is 1. The van der Waals surface area contributed by atoms with E-state index in [0.717, 1.165) is 42.3 Å². The second-order valence-electron chi connectivity index (χ2n) is 4.94. The van der Waals surface area contributed by atoms with E-state index >= 15 is 0 Å². The lowest BCUT2D eigenvalue weighted by Gasteiger charge is -2.36. The summed E-state index contributed by atoms with van der Waals surface area (Å²) in [5.41, 5.74) is 1.93. The van der Waals surface area contributed by atoms with Gasteiger partial charge >= 0.3 is 0 Å². The quantitative estimate of drug-likeness (QED) is 0.778. The van der Waals surface area contributed by atoms with Gasteiger partial charge in [-0.15, -0.1) is 0 Å². The van der Waals surface area contributed by atoms with Crippen molar-refractivity contribution in [2.75, 3.05) is 11.9 Å². The molecule has 1 atom stereocenters. The summed E-state index contributed by atoms with van der Waals surface area (Å²) in [5, 5.41) is 0.967. The number of hydrogen-bond acceptors (Lipinski definition) is 1. The van der Waals surface area contributed by atoms with E-state index in [4.69, 9.17) is 0 Å². The summed E-state index contributed by atoms with van der Waals surface area (Å²) in [6.45, 7) is 2.92. The lowest BCUT2D eigenvalue weighted by atomic mass is 9.98. The zero-order chi connectivity index (χ0) is 13.0. The predicted molar refractivity (Wildman–Crippen MR) is 78.3 cm³/mol. The first-order valence-corrected chi connectivity index (χ1v) is 7.78. The van der Waals surface area contributed by atoms with Crippen LogP contribution in [0.15, 0.2) is 24.3 Å². The first-order valence-electron chi connectivity index (χ1n) is 6.66. The van der Waals surface area contributed by atoms with Gasteiger partial charge in [-0.3, -0.25) is 4.79 Å². The van der Waals surface area contributed by atoms with Gasteiger partial charge in [-0.2, -0.15) is 0 Å². The van der Waals surface area contributed by atoms with E-state index in [-0.39, 0.29) is 5.91 Å². The second-order valence-corrected chi connectivity index (χ2v) is 5.73. The molecular formula is C15H20BrNO. The summed E-state index contributed by atoms with van der Waals surface area (Å²) in [7, 11) is 0. The van der Waals surface area contributed by atoms with Crippen LogP contribution in [0.1, 0.15) is 41.6 Å². The van der Waals surface area contributed by atoms with Crippen LogP contribution >= 0.6 is 15.9 Å². The minimum Gasteiger partial charge on any atom is -0.336 e. The largest absolute Gasteiger partial charge is 0.336 e. The molecule has 1 aromatic carbocycles. The molecule has 0 aliphatic carbocycles. The normalized spacial score (nSPS) is 19.9. The smallest absolute Gasteiger partial charge is 0.254 e. The van der Waals surface area contributed by atoms with Crippen LogP contribution in [0.5, 0.6) is 0 Å². The van der Waals surface area contributed by atoms with Crippen molar-refractivity contribution >= 4 is 21.8 Å². The maximum atomic E-state index is 12.6. The van der Waals surface area contributed by atoms with Gasteiger partial charge < -0.3 is 4.90 Å². The van der Waals surface area contributed by atoms with Crippen molar-refractivity contribution in [1.29, 1.82) is 0 Å². The van der Waals surface area contributed by atoms with Crippen LogP contribution in [-0.2, 0) is 0 Å². The fourth-order valence-electron chi connectivity index (χ4n) is 2.66. The molecule has 0 radical (unpaired) electrons. The van der Waals surface area contributed by atoms with Crippen molar-refractivity contribution in [2.45, 2.75) is 38.6 Å². The van der Waals surface area contributed by atoms with E-state index in [9.17, 15) is 4.79 Å². The molecule has 0 spiro atoms. The van der Waals surface area contributed by atoms with Crippen molar-refractivity contribution in [3.8, 4) is 0 Å². The van der Waals surface area contributed by atoms with Crippen LogP contribution in [0.3, 0.4) is 0 Å². The molecule has 2 rings (SSSR count). The molecule has 0 N–H and O–H groups in total. The number of rotatable bonds is 3. The third-order valence-corrected chi connectivity index (χ3v) is 4.16. The Bertz CT molecular complexity index is 417. The topological polar surface area (TPSA) is 20.3 Å². The number of likely N-dealkylation sites (tertiary alicyclic amines) is 1. The minimum absolute atomic E-state index is 0.207. The molecule has 2 nitrogen and oxygen atoms in total. The summed E-state index contributed by atoms with van der Waals surface area (Å²) in [6, 6.07) is 8.29. The summed E-state index contributed by atoms with van der Waals surface area (Å²) in [5.74, 6) is 0.207. The third-order valence-electron chi connectivity index (χ3n) is 3.71.